The van der Waals surface area contributed by atoms with Gasteiger partial charge >= 0.3 is 0 Å². The van der Waals surface area contributed by atoms with Gasteiger partial charge in [-0.25, -0.2) is 0 Å². The number of carbonyl (C=O) groups excluding carboxylic acids is 2. The van der Waals surface area contributed by atoms with Crippen molar-refractivity contribution in [3.63, 3.8) is 0 Å². The van der Waals surface area contributed by atoms with Crippen LogP contribution in [0.2, 0.25) is 10.0 Å². The number of amides is 2. The molecule has 0 aromatic heterocycles. The first-order chi connectivity index (χ1) is 11.4. The highest BCUT2D eigenvalue weighted by molar-refractivity contribution is 6.35. The summed E-state index contributed by atoms with van der Waals surface area (Å²) in [6.07, 6.45) is 0. The van der Waals surface area contributed by atoms with Crippen molar-refractivity contribution in [3.05, 3.63) is 63.6 Å². The van der Waals surface area contributed by atoms with Crippen LogP contribution in [-0.4, -0.2) is 11.8 Å². The Morgan fingerprint density at radius 3 is 2.33 bits per heavy atom. The van der Waals surface area contributed by atoms with Gasteiger partial charge < -0.3 is 10.6 Å². The van der Waals surface area contributed by atoms with E-state index in [0.717, 1.165) is 11.3 Å². The highest BCUT2D eigenvalue weighted by Gasteiger charge is 2.11. The minimum absolute atomic E-state index is 0.0355. The number of anilines is 1. The molecule has 6 heteroatoms. The molecule has 0 radical (unpaired) electrons. The minimum atomic E-state index is -0.292. The molecule has 0 saturated carbocycles. The standard InChI is InChI=1S/C18H18Cl2N2O2/c1-11(2)17(23)22-14-6-3-12(4-7-14)10-21-18(24)15-9-13(19)5-8-16(15)20/h3-9,11H,10H2,1-2H3,(H,21,24)(H,22,23). The van der Waals surface area contributed by atoms with Crippen LogP contribution in [0.5, 0.6) is 0 Å². The summed E-state index contributed by atoms with van der Waals surface area (Å²) < 4.78 is 0. The van der Waals surface area contributed by atoms with Crippen LogP contribution in [0.25, 0.3) is 0 Å². The molecule has 0 bridgehead atoms. The van der Waals surface area contributed by atoms with Crippen molar-refractivity contribution >= 4 is 40.7 Å². The van der Waals surface area contributed by atoms with Crippen LogP contribution in [0.4, 0.5) is 5.69 Å². The maximum absolute atomic E-state index is 12.2. The second-order valence-corrected chi connectivity index (χ2v) is 6.49. The summed E-state index contributed by atoms with van der Waals surface area (Å²) in [5, 5.41) is 6.41. The van der Waals surface area contributed by atoms with E-state index in [1.807, 2.05) is 26.0 Å². The van der Waals surface area contributed by atoms with E-state index in [2.05, 4.69) is 10.6 Å². The predicted molar refractivity (Wildman–Crippen MR) is 97.5 cm³/mol. The molecule has 0 atom stereocenters. The zero-order valence-corrected chi connectivity index (χ0v) is 14.9. The van der Waals surface area contributed by atoms with Gasteiger partial charge in [-0.2, -0.15) is 0 Å². The Hall–Kier alpha value is -2.04. The summed E-state index contributed by atoms with van der Waals surface area (Å²) in [5.74, 6) is -0.405. The summed E-state index contributed by atoms with van der Waals surface area (Å²) in [6, 6.07) is 12.0. The lowest BCUT2D eigenvalue weighted by atomic mass is 10.1. The van der Waals surface area contributed by atoms with Crippen molar-refractivity contribution in [1.29, 1.82) is 0 Å². The van der Waals surface area contributed by atoms with Gasteiger partial charge in [-0.1, -0.05) is 49.2 Å². The maximum Gasteiger partial charge on any atom is 0.253 e. The largest absolute Gasteiger partial charge is 0.348 e. The Morgan fingerprint density at radius 2 is 1.71 bits per heavy atom. The van der Waals surface area contributed by atoms with Gasteiger partial charge in [0, 0.05) is 23.2 Å². The first kappa shape index (κ1) is 18.3. The molecule has 0 heterocycles. The molecule has 0 saturated heterocycles. The number of nitrogens with one attached hydrogen (secondary N) is 2. The Kier molecular flexibility index (Phi) is 6.23. The SMILES string of the molecule is CC(C)C(=O)Nc1ccc(CNC(=O)c2cc(Cl)ccc2Cl)cc1. The summed E-state index contributed by atoms with van der Waals surface area (Å²) in [7, 11) is 0. The molecule has 0 spiro atoms. The summed E-state index contributed by atoms with van der Waals surface area (Å²) >= 11 is 11.9. The molecule has 24 heavy (non-hydrogen) atoms. The van der Waals surface area contributed by atoms with Crippen LogP contribution in [0.1, 0.15) is 29.8 Å². The van der Waals surface area contributed by atoms with E-state index < -0.39 is 0 Å². The van der Waals surface area contributed by atoms with Gasteiger partial charge in [0.15, 0.2) is 0 Å². The molecule has 126 valence electrons. The lowest BCUT2D eigenvalue weighted by Gasteiger charge is -2.10. The molecule has 2 aromatic carbocycles. The molecule has 0 aliphatic heterocycles. The minimum Gasteiger partial charge on any atom is -0.348 e. The van der Waals surface area contributed by atoms with Crippen molar-refractivity contribution in [3.8, 4) is 0 Å². The van der Waals surface area contributed by atoms with Gasteiger partial charge in [0.25, 0.3) is 5.91 Å². The zero-order chi connectivity index (χ0) is 17.7. The molecule has 4 nitrogen and oxygen atoms in total. The average molecular weight is 365 g/mol. The lowest BCUT2D eigenvalue weighted by Crippen LogP contribution is -2.23. The van der Waals surface area contributed by atoms with Gasteiger partial charge in [0.2, 0.25) is 5.91 Å². The van der Waals surface area contributed by atoms with Crippen molar-refractivity contribution in [2.45, 2.75) is 20.4 Å². The van der Waals surface area contributed by atoms with Gasteiger partial charge in [-0.05, 0) is 35.9 Å². The summed E-state index contributed by atoms with van der Waals surface area (Å²) in [5.41, 5.74) is 1.97. The number of carbonyl (C=O) groups is 2. The Bertz CT molecular complexity index is 743. The van der Waals surface area contributed by atoms with E-state index in [4.69, 9.17) is 23.2 Å². The molecular weight excluding hydrogens is 347 g/mol. The van der Waals surface area contributed by atoms with Crippen LogP contribution in [0.15, 0.2) is 42.5 Å². The zero-order valence-electron chi connectivity index (χ0n) is 13.4. The third kappa shape index (κ3) is 4.98. The first-order valence-corrected chi connectivity index (χ1v) is 8.25. The Morgan fingerprint density at radius 1 is 1.04 bits per heavy atom. The molecule has 2 N–H and O–H groups in total. The fraction of sp³-hybridized carbons (Fsp3) is 0.222. The summed E-state index contributed by atoms with van der Waals surface area (Å²) in [6.45, 7) is 4.01. The van der Waals surface area contributed by atoms with E-state index in [9.17, 15) is 9.59 Å². The van der Waals surface area contributed by atoms with Gasteiger partial charge in [-0.3, -0.25) is 9.59 Å². The smallest absolute Gasteiger partial charge is 0.253 e. The molecular formula is C18H18Cl2N2O2. The van der Waals surface area contributed by atoms with Crippen molar-refractivity contribution in [2.24, 2.45) is 5.92 Å². The first-order valence-electron chi connectivity index (χ1n) is 7.50. The number of rotatable bonds is 5. The molecule has 2 aromatic rings. The maximum atomic E-state index is 12.2. The van der Waals surface area contributed by atoms with Crippen molar-refractivity contribution in [2.75, 3.05) is 5.32 Å². The van der Waals surface area contributed by atoms with Crippen LogP contribution in [0, 0.1) is 5.92 Å². The van der Waals surface area contributed by atoms with Gasteiger partial charge in [0.05, 0.1) is 10.6 Å². The molecule has 0 unspecified atom stereocenters. The van der Waals surface area contributed by atoms with Crippen LogP contribution in [-0.2, 0) is 11.3 Å². The number of hydrogen-bond donors (Lipinski definition) is 2. The van der Waals surface area contributed by atoms with Gasteiger partial charge in [-0.15, -0.1) is 0 Å². The third-order valence-electron chi connectivity index (χ3n) is 3.37. The quantitative estimate of drug-likeness (QED) is 0.819. The highest BCUT2D eigenvalue weighted by Crippen LogP contribution is 2.20. The van der Waals surface area contributed by atoms with E-state index >= 15 is 0 Å². The van der Waals surface area contributed by atoms with Gasteiger partial charge in [0.1, 0.15) is 0 Å². The third-order valence-corrected chi connectivity index (χ3v) is 3.94. The molecule has 0 aliphatic rings. The lowest BCUT2D eigenvalue weighted by molar-refractivity contribution is -0.118. The predicted octanol–water partition coefficient (Wildman–Crippen LogP) is 4.52. The van der Waals surface area contributed by atoms with E-state index in [1.54, 1.807) is 24.3 Å². The fourth-order valence-corrected chi connectivity index (χ4v) is 2.32. The average Bonchev–Trinajstić information content (AvgIpc) is 2.56. The van der Waals surface area contributed by atoms with Crippen molar-refractivity contribution in [1.82, 2.24) is 5.32 Å². The molecule has 0 aliphatic carbocycles. The van der Waals surface area contributed by atoms with Crippen LogP contribution < -0.4 is 10.6 Å². The van der Waals surface area contributed by atoms with E-state index in [0.29, 0.717) is 22.2 Å². The molecule has 2 rings (SSSR count). The Balaban J connectivity index is 1.96. The number of hydrogen-bond acceptors (Lipinski definition) is 2. The van der Waals surface area contributed by atoms with Crippen molar-refractivity contribution < 1.29 is 9.59 Å². The number of benzene rings is 2. The van der Waals surface area contributed by atoms with E-state index in [-0.39, 0.29) is 17.7 Å². The second-order valence-electron chi connectivity index (χ2n) is 5.65. The Labute approximate surface area is 151 Å². The van der Waals surface area contributed by atoms with Crippen LogP contribution >= 0.6 is 23.2 Å². The van der Waals surface area contributed by atoms with E-state index in [1.165, 1.54) is 6.07 Å². The molecule has 2 amide bonds. The monoisotopic (exact) mass is 364 g/mol. The summed E-state index contributed by atoms with van der Waals surface area (Å²) in [4.78, 5) is 23.8. The second kappa shape index (κ2) is 8.18. The highest BCUT2D eigenvalue weighted by atomic mass is 35.5. The fourth-order valence-electron chi connectivity index (χ4n) is 1.94. The molecule has 0 fully saturated rings. The number of halogens is 2. The normalized spacial score (nSPS) is 10.5. The van der Waals surface area contributed by atoms with Crippen LogP contribution in [0.3, 0.4) is 0 Å². The topological polar surface area (TPSA) is 58.2 Å².